The maximum atomic E-state index is 12.3. The van der Waals surface area contributed by atoms with E-state index in [1.165, 1.54) is 5.56 Å². The number of hydrogen-bond donors (Lipinski definition) is 1. The van der Waals surface area contributed by atoms with Gasteiger partial charge in [-0.3, -0.25) is 9.78 Å². The fraction of sp³-hybridized carbons (Fsp3) is 0.421. The lowest BCUT2D eigenvalue weighted by Gasteiger charge is -2.29. The molecule has 126 valence electrons. The molecule has 24 heavy (non-hydrogen) atoms. The summed E-state index contributed by atoms with van der Waals surface area (Å²) in [5.74, 6) is 0.220. The average Bonchev–Trinajstić information content (AvgIpc) is 2.63. The van der Waals surface area contributed by atoms with Crippen LogP contribution in [0.5, 0.6) is 0 Å². The minimum atomic E-state index is -0.149. The van der Waals surface area contributed by atoms with Crippen molar-refractivity contribution in [2.24, 2.45) is 0 Å². The van der Waals surface area contributed by atoms with E-state index in [1.54, 1.807) is 12.4 Å². The summed E-state index contributed by atoms with van der Waals surface area (Å²) in [5.41, 5.74) is 2.55. The molecule has 1 fully saturated rings. The zero-order valence-electron chi connectivity index (χ0n) is 14.1. The molecule has 2 aromatic rings. The van der Waals surface area contributed by atoms with Crippen molar-refractivity contribution in [3.05, 3.63) is 59.7 Å². The van der Waals surface area contributed by atoms with Crippen LogP contribution in [0.25, 0.3) is 0 Å². The highest BCUT2D eigenvalue weighted by atomic mass is 16.1. The number of amides is 1. The standard InChI is InChI=1S/C19H24N4O/c1-23-11-5-8-16(14-23)17-12-20-13-18(22-17)19(24)21-10-9-15-6-3-2-4-7-15/h2-4,6-7,12-13,16H,5,8-11,14H2,1H3,(H,21,24)/t16-/m1/s1. The fourth-order valence-corrected chi connectivity index (χ4v) is 3.15. The van der Waals surface area contributed by atoms with Gasteiger partial charge in [-0.25, -0.2) is 4.98 Å². The van der Waals surface area contributed by atoms with E-state index in [-0.39, 0.29) is 5.91 Å². The Morgan fingerprint density at radius 2 is 2.12 bits per heavy atom. The molecule has 2 heterocycles. The molecule has 0 spiro atoms. The largest absolute Gasteiger partial charge is 0.350 e. The van der Waals surface area contributed by atoms with Gasteiger partial charge in [0, 0.05) is 25.2 Å². The van der Waals surface area contributed by atoms with Crippen molar-refractivity contribution in [2.75, 3.05) is 26.7 Å². The highest BCUT2D eigenvalue weighted by Crippen LogP contribution is 2.24. The van der Waals surface area contributed by atoms with E-state index >= 15 is 0 Å². The van der Waals surface area contributed by atoms with E-state index < -0.39 is 0 Å². The van der Waals surface area contributed by atoms with Crippen molar-refractivity contribution < 1.29 is 4.79 Å². The predicted octanol–water partition coefficient (Wildman–Crippen LogP) is 2.26. The third-order valence-electron chi connectivity index (χ3n) is 4.47. The number of piperidine rings is 1. The van der Waals surface area contributed by atoms with Gasteiger partial charge in [0.1, 0.15) is 5.69 Å². The van der Waals surface area contributed by atoms with Gasteiger partial charge in [0.15, 0.2) is 0 Å². The predicted molar refractivity (Wildman–Crippen MR) is 94.0 cm³/mol. The van der Waals surface area contributed by atoms with Crippen molar-refractivity contribution in [3.8, 4) is 0 Å². The zero-order chi connectivity index (χ0) is 16.8. The highest BCUT2D eigenvalue weighted by molar-refractivity contribution is 5.91. The summed E-state index contributed by atoms with van der Waals surface area (Å²) in [6, 6.07) is 10.1. The molecule has 1 atom stereocenters. The average molecular weight is 324 g/mol. The molecule has 1 aliphatic heterocycles. The number of aromatic nitrogens is 2. The van der Waals surface area contributed by atoms with Crippen LogP contribution < -0.4 is 5.32 Å². The first-order chi connectivity index (χ1) is 11.7. The topological polar surface area (TPSA) is 58.1 Å². The molecule has 5 nitrogen and oxygen atoms in total. The monoisotopic (exact) mass is 324 g/mol. The lowest BCUT2D eigenvalue weighted by atomic mass is 9.95. The quantitative estimate of drug-likeness (QED) is 0.916. The molecular formula is C19H24N4O. The molecule has 1 aromatic carbocycles. The summed E-state index contributed by atoms with van der Waals surface area (Å²) in [5, 5.41) is 2.93. The van der Waals surface area contributed by atoms with Gasteiger partial charge in [0.25, 0.3) is 5.91 Å². The number of nitrogens with one attached hydrogen (secondary N) is 1. The second-order valence-corrected chi connectivity index (χ2v) is 6.42. The van der Waals surface area contributed by atoms with Gasteiger partial charge in [-0.15, -0.1) is 0 Å². The number of likely N-dealkylation sites (N-methyl/N-ethyl adjacent to an activating group) is 1. The summed E-state index contributed by atoms with van der Waals surface area (Å²) >= 11 is 0. The Morgan fingerprint density at radius 1 is 1.29 bits per heavy atom. The van der Waals surface area contributed by atoms with Crippen molar-refractivity contribution in [3.63, 3.8) is 0 Å². The number of nitrogens with zero attached hydrogens (tertiary/aromatic N) is 3. The van der Waals surface area contributed by atoms with Crippen LogP contribution in [0.1, 0.15) is 40.5 Å². The van der Waals surface area contributed by atoms with Crippen LogP contribution in [-0.4, -0.2) is 47.5 Å². The number of benzene rings is 1. The minimum absolute atomic E-state index is 0.149. The molecule has 1 N–H and O–H groups in total. The molecule has 0 saturated carbocycles. The van der Waals surface area contributed by atoms with Crippen LogP contribution in [0.2, 0.25) is 0 Å². The van der Waals surface area contributed by atoms with E-state index in [9.17, 15) is 4.79 Å². The first-order valence-electron chi connectivity index (χ1n) is 8.55. The van der Waals surface area contributed by atoms with Crippen LogP contribution in [0.4, 0.5) is 0 Å². The van der Waals surface area contributed by atoms with Crippen LogP contribution >= 0.6 is 0 Å². The molecule has 1 saturated heterocycles. The van der Waals surface area contributed by atoms with Crippen LogP contribution in [0.3, 0.4) is 0 Å². The third-order valence-corrected chi connectivity index (χ3v) is 4.47. The molecule has 3 rings (SSSR count). The minimum Gasteiger partial charge on any atom is -0.350 e. The second kappa shape index (κ2) is 8.02. The maximum Gasteiger partial charge on any atom is 0.271 e. The van der Waals surface area contributed by atoms with Gasteiger partial charge >= 0.3 is 0 Å². The van der Waals surface area contributed by atoms with Crippen LogP contribution in [-0.2, 0) is 6.42 Å². The summed E-state index contributed by atoms with van der Waals surface area (Å²) in [4.78, 5) is 23.4. The third kappa shape index (κ3) is 4.38. The van der Waals surface area contributed by atoms with Crippen LogP contribution in [0.15, 0.2) is 42.7 Å². The van der Waals surface area contributed by atoms with E-state index in [1.807, 2.05) is 18.2 Å². The molecule has 0 aliphatic carbocycles. The molecule has 0 radical (unpaired) electrons. The van der Waals surface area contributed by atoms with E-state index in [0.29, 0.717) is 18.2 Å². The van der Waals surface area contributed by atoms with Crippen molar-refractivity contribution in [1.29, 1.82) is 0 Å². The van der Waals surface area contributed by atoms with Gasteiger partial charge in [0.2, 0.25) is 0 Å². The summed E-state index contributed by atoms with van der Waals surface area (Å²) in [6.45, 7) is 2.71. The van der Waals surface area contributed by atoms with E-state index in [4.69, 9.17) is 0 Å². The molecule has 1 aliphatic rings. The smallest absolute Gasteiger partial charge is 0.271 e. The molecular weight excluding hydrogens is 300 g/mol. The van der Waals surface area contributed by atoms with Crippen molar-refractivity contribution in [2.45, 2.75) is 25.2 Å². The molecule has 0 bridgehead atoms. The first-order valence-corrected chi connectivity index (χ1v) is 8.55. The molecule has 0 unspecified atom stereocenters. The number of hydrogen-bond acceptors (Lipinski definition) is 4. The number of likely N-dealkylation sites (tertiary alicyclic amines) is 1. The lowest BCUT2D eigenvalue weighted by Crippen LogP contribution is -2.32. The number of carbonyl (C=O) groups excluding carboxylic acids is 1. The Hall–Kier alpha value is -2.27. The Labute approximate surface area is 143 Å². The zero-order valence-corrected chi connectivity index (χ0v) is 14.1. The highest BCUT2D eigenvalue weighted by Gasteiger charge is 2.21. The maximum absolute atomic E-state index is 12.3. The van der Waals surface area contributed by atoms with Crippen molar-refractivity contribution in [1.82, 2.24) is 20.2 Å². The van der Waals surface area contributed by atoms with Crippen molar-refractivity contribution >= 4 is 5.91 Å². The fourth-order valence-electron chi connectivity index (χ4n) is 3.15. The van der Waals surface area contributed by atoms with Crippen LogP contribution in [0, 0.1) is 0 Å². The lowest BCUT2D eigenvalue weighted by molar-refractivity contribution is 0.0948. The summed E-state index contributed by atoms with van der Waals surface area (Å²) in [6.07, 6.45) is 6.43. The Bertz CT molecular complexity index is 674. The second-order valence-electron chi connectivity index (χ2n) is 6.42. The van der Waals surface area contributed by atoms with Gasteiger partial charge in [-0.05, 0) is 38.4 Å². The Balaban J connectivity index is 1.57. The van der Waals surface area contributed by atoms with Gasteiger partial charge in [-0.1, -0.05) is 30.3 Å². The Kier molecular flexibility index (Phi) is 5.54. The van der Waals surface area contributed by atoms with E-state index in [0.717, 1.165) is 38.0 Å². The van der Waals surface area contributed by atoms with Gasteiger partial charge in [-0.2, -0.15) is 0 Å². The Morgan fingerprint density at radius 3 is 2.92 bits per heavy atom. The molecule has 1 aromatic heterocycles. The number of rotatable bonds is 5. The molecule has 1 amide bonds. The summed E-state index contributed by atoms with van der Waals surface area (Å²) < 4.78 is 0. The molecule has 5 heteroatoms. The van der Waals surface area contributed by atoms with Gasteiger partial charge < -0.3 is 10.2 Å². The summed E-state index contributed by atoms with van der Waals surface area (Å²) in [7, 11) is 2.12. The van der Waals surface area contributed by atoms with Gasteiger partial charge in [0.05, 0.1) is 11.9 Å². The SMILES string of the molecule is CN1CCC[C@@H](c2cncc(C(=O)NCCc3ccccc3)n2)C1. The number of carbonyl (C=O) groups is 1. The first kappa shape index (κ1) is 16.6. The normalized spacial score (nSPS) is 18.3. The van der Waals surface area contributed by atoms with E-state index in [2.05, 4.69) is 39.4 Å².